The molecule has 0 aliphatic carbocycles. The Hall–Kier alpha value is -1.14. The molecule has 0 saturated carbocycles. The summed E-state index contributed by atoms with van der Waals surface area (Å²) in [5, 5.41) is 9.70. The highest BCUT2D eigenvalue weighted by molar-refractivity contribution is 9.11. The van der Waals surface area contributed by atoms with Crippen molar-refractivity contribution in [3.8, 4) is 0 Å². The van der Waals surface area contributed by atoms with E-state index in [0.29, 0.717) is 4.88 Å². The van der Waals surface area contributed by atoms with Gasteiger partial charge in [-0.3, -0.25) is 9.89 Å². The number of halogens is 1. The summed E-state index contributed by atoms with van der Waals surface area (Å²) in [6.07, 6.45) is 0. The zero-order valence-electron chi connectivity index (χ0n) is 8.80. The predicted octanol–water partition coefficient (Wildman–Crippen LogP) is 3.10. The third-order valence-electron chi connectivity index (χ3n) is 2.16. The molecule has 0 aliphatic heterocycles. The molecule has 4 nitrogen and oxygen atoms in total. The van der Waals surface area contributed by atoms with E-state index in [-0.39, 0.29) is 5.91 Å². The third kappa shape index (κ3) is 2.17. The summed E-state index contributed by atoms with van der Waals surface area (Å²) in [6, 6.07) is 3.64. The van der Waals surface area contributed by atoms with Crippen molar-refractivity contribution in [3.05, 3.63) is 32.2 Å². The topological polar surface area (TPSA) is 57.8 Å². The summed E-state index contributed by atoms with van der Waals surface area (Å²) in [5.74, 6) is -0.108. The molecule has 0 radical (unpaired) electrons. The molecule has 1 amide bonds. The summed E-state index contributed by atoms with van der Waals surface area (Å²) >= 11 is 4.73. The molecule has 6 heteroatoms. The van der Waals surface area contributed by atoms with Gasteiger partial charge in [0.25, 0.3) is 5.91 Å². The number of aromatic nitrogens is 2. The number of carbonyl (C=O) groups excluding carboxylic acids is 1. The molecule has 2 N–H and O–H groups in total. The standard InChI is InChI=1S/C10H10BrN3OS/c1-5-9(6(2)14-13-5)12-10(15)7-3-4-8(11)16-7/h3-4H,1-2H3,(H,12,15)(H,13,14). The fourth-order valence-electron chi connectivity index (χ4n) is 1.35. The highest BCUT2D eigenvalue weighted by Gasteiger charge is 2.13. The fourth-order valence-corrected chi connectivity index (χ4v) is 2.63. The predicted molar refractivity (Wildman–Crippen MR) is 68.0 cm³/mol. The van der Waals surface area contributed by atoms with E-state index < -0.39 is 0 Å². The first-order valence-corrected chi connectivity index (χ1v) is 6.27. The van der Waals surface area contributed by atoms with Gasteiger partial charge in [-0.05, 0) is 41.9 Å². The first-order chi connectivity index (χ1) is 7.58. The quantitative estimate of drug-likeness (QED) is 0.895. The number of anilines is 1. The van der Waals surface area contributed by atoms with E-state index in [4.69, 9.17) is 0 Å². The van der Waals surface area contributed by atoms with Crippen LogP contribution in [-0.4, -0.2) is 16.1 Å². The Morgan fingerprint density at radius 2 is 2.25 bits per heavy atom. The van der Waals surface area contributed by atoms with Gasteiger partial charge in [0.15, 0.2) is 0 Å². The first kappa shape index (κ1) is 11.3. The van der Waals surface area contributed by atoms with Gasteiger partial charge in [-0.2, -0.15) is 5.10 Å². The first-order valence-electron chi connectivity index (χ1n) is 4.66. The molecule has 2 aromatic heterocycles. The largest absolute Gasteiger partial charge is 0.318 e. The Morgan fingerprint density at radius 3 is 2.75 bits per heavy atom. The molecule has 2 rings (SSSR count). The Labute approximate surface area is 105 Å². The highest BCUT2D eigenvalue weighted by Crippen LogP contribution is 2.24. The van der Waals surface area contributed by atoms with E-state index in [1.54, 1.807) is 6.07 Å². The number of rotatable bonds is 2. The SMILES string of the molecule is Cc1n[nH]c(C)c1NC(=O)c1ccc(Br)s1. The van der Waals surface area contributed by atoms with Gasteiger partial charge in [-0.25, -0.2) is 0 Å². The lowest BCUT2D eigenvalue weighted by Crippen LogP contribution is -2.11. The molecule has 0 spiro atoms. The lowest BCUT2D eigenvalue weighted by atomic mass is 10.3. The fraction of sp³-hybridized carbons (Fsp3) is 0.200. The Kier molecular flexibility index (Phi) is 3.11. The molecule has 0 atom stereocenters. The Balaban J connectivity index is 2.20. The van der Waals surface area contributed by atoms with Gasteiger partial charge in [0.05, 0.1) is 25.7 Å². The van der Waals surface area contributed by atoms with E-state index in [0.717, 1.165) is 20.9 Å². The van der Waals surface area contributed by atoms with Gasteiger partial charge in [0, 0.05) is 0 Å². The number of thiophene rings is 1. The zero-order valence-corrected chi connectivity index (χ0v) is 11.2. The van der Waals surface area contributed by atoms with Crippen molar-refractivity contribution < 1.29 is 4.79 Å². The molecular formula is C10H10BrN3OS. The van der Waals surface area contributed by atoms with E-state index >= 15 is 0 Å². The number of nitrogens with zero attached hydrogens (tertiary/aromatic N) is 1. The second-order valence-corrected chi connectivity index (χ2v) is 5.83. The Morgan fingerprint density at radius 1 is 1.50 bits per heavy atom. The molecule has 0 bridgehead atoms. The summed E-state index contributed by atoms with van der Waals surface area (Å²) in [6.45, 7) is 3.73. The van der Waals surface area contributed by atoms with Gasteiger partial charge in [-0.15, -0.1) is 11.3 Å². The zero-order chi connectivity index (χ0) is 11.7. The van der Waals surface area contributed by atoms with Crippen molar-refractivity contribution in [2.24, 2.45) is 0 Å². The van der Waals surface area contributed by atoms with Gasteiger partial charge in [-0.1, -0.05) is 0 Å². The molecule has 84 valence electrons. The van der Waals surface area contributed by atoms with Crippen LogP contribution in [-0.2, 0) is 0 Å². The van der Waals surface area contributed by atoms with E-state index in [2.05, 4.69) is 31.4 Å². The lowest BCUT2D eigenvalue weighted by molar-refractivity contribution is 0.103. The molecule has 2 aromatic rings. The summed E-state index contributed by atoms with van der Waals surface area (Å²) in [4.78, 5) is 12.5. The van der Waals surface area contributed by atoms with Crippen LogP contribution in [0.2, 0.25) is 0 Å². The molecule has 16 heavy (non-hydrogen) atoms. The Bertz CT molecular complexity index is 512. The van der Waals surface area contributed by atoms with Gasteiger partial charge in [0.2, 0.25) is 0 Å². The third-order valence-corrected chi connectivity index (χ3v) is 3.79. The van der Waals surface area contributed by atoms with Gasteiger partial charge < -0.3 is 5.32 Å². The van der Waals surface area contributed by atoms with Crippen LogP contribution in [0.3, 0.4) is 0 Å². The van der Waals surface area contributed by atoms with Crippen molar-refractivity contribution in [3.63, 3.8) is 0 Å². The number of hydrogen-bond donors (Lipinski definition) is 2. The van der Waals surface area contributed by atoms with Crippen molar-refractivity contribution in [1.29, 1.82) is 0 Å². The van der Waals surface area contributed by atoms with Crippen LogP contribution in [0.5, 0.6) is 0 Å². The highest BCUT2D eigenvalue weighted by atomic mass is 79.9. The molecule has 0 aliphatic rings. The number of hydrogen-bond acceptors (Lipinski definition) is 3. The van der Waals surface area contributed by atoms with E-state index in [1.807, 2.05) is 19.9 Å². The van der Waals surface area contributed by atoms with E-state index in [1.165, 1.54) is 11.3 Å². The van der Waals surface area contributed by atoms with Crippen LogP contribution in [0.1, 0.15) is 21.1 Å². The van der Waals surface area contributed by atoms with Crippen LogP contribution in [0.15, 0.2) is 15.9 Å². The average Bonchev–Trinajstić information content (AvgIpc) is 2.79. The number of amides is 1. The normalized spacial score (nSPS) is 10.4. The molecule has 0 saturated heterocycles. The minimum absolute atomic E-state index is 0.108. The maximum Gasteiger partial charge on any atom is 0.265 e. The van der Waals surface area contributed by atoms with Crippen molar-refractivity contribution >= 4 is 38.9 Å². The number of aryl methyl sites for hydroxylation is 2. The second-order valence-electron chi connectivity index (χ2n) is 3.37. The van der Waals surface area contributed by atoms with Crippen molar-refractivity contribution in [2.45, 2.75) is 13.8 Å². The number of H-pyrrole nitrogens is 1. The molecule has 0 fully saturated rings. The molecule has 0 aromatic carbocycles. The van der Waals surface area contributed by atoms with Crippen LogP contribution < -0.4 is 5.32 Å². The minimum Gasteiger partial charge on any atom is -0.318 e. The van der Waals surface area contributed by atoms with Gasteiger partial charge in [0.1, 0.15) is 0 Å². The van der Waals surface area contributed by atoms with Crippen LogP contribution in [0.25, 0.3) is 0 Å². The van der Waals surface area contributed by atoms with Crippen molar-refractivity contribution in [2.75, 3.05) is 5.32 Å². The monoisotopic (exact) mass is 299 g/mol. The summed E-state index contributed by atoms with van der Waals surface area (Å²) in [7, 11) is 0. The molecule has 0 unspecified atom stereocenters. The maximum atomic E-state index is 11.9. The molecule has 2 heterocycles. The van der Waals surface area contributed by atoms with Crippen LogP contribution >= 0.6 is 27.3 Å². The minimum atomic E-state index is -0.108. The summed E-state index contributed by atoms with van der Waals surface area (Å²) < 4.78 is 0.943. The molecular weight excluding hydrogens is 290 g/mol. The van der Waals surface area contributed by atoms with Crippen LogP contribution in [0.4, 0.5) is 5.69 Å². The maximum absolute atomic E-state index is 11.9. The smallest absolute Gasteiger partial charge is 0.265 e. The number of nitrogens with one attached hydrogen (secondary N) is 2. The van der Waals surface area contributed by atoms with Gasteiger partial charge >= 0.3 is 0 Å². The second kappa shape index (κ2) is 4.39. The number of carbonyl (C=O) groups is 1. The number of aromatic amines is 1. The van der Waals surface area contributed by atoms with Crippen LogP contribution in [0, 0.1) is 13.8 Å². The average molecular weight is 300 g/mol. The lowest BCUT2D eigenvalue weighted by Gasteiger charge is -2.02. The van der Waals surface area contributed by atoms with E-state index in [9.17, 15) is 4.79 Å². The van der Waals surface area contributed by atoms with Crippen molar-refractivity contribution in [1.82, 2.24) is 10.2 Å². The summed E-state index contributed by atoms with van der Waals surface area (Å²) in [5.41, 5.74) is 2.41.